The molecule has 1 aliphatic heterocycles. The van der Waals surface area contributed by atoms with Crippen molar-refractivity contribution in [2.45, 2.75) is 25.5 Å². The number of fused-ring (bicyclic) bond motifs is 1. The SMILES string of the molecule is C=CC1=C(/C=C\C)C(C)c2ccccc2CS1=O. The van der Waals surface area contributed by atoms with E-state index in [0.29, 0.717) is 5.75 Å². The standard InChI is InChI=1S/C16H18OS/c1-4-8-15-12(3)14-10-7-6-9-13(14)11-18(17)16(15)5-2/h4-10,12H,2,11H2,1,3H3/b8-4-. The van der Waals surface area contributed by atoms with Crippen LogP contribution in [0.25, 0.3) is 0 Å². The van der Waals surface area contributed by atoms with Gasteiger partial charge in [-0.3, -0.25) is 4.21 Å². The monoisotopic (exact) mass is 258 g/mol. The quantitative estimate of drug-likeness (QED) is 0.781. The minimum Gasteiger partial charge on any atom is -0.254 e. The second-order valence-corrected chi connectivity index (χ2v) is 5.85. The molecular weight excluding hydrogens is 240 g/mol. The lowest BCUT2D eigenvalue weighted by atomic mass is 9.89. The van der Waals surface area contributed by atoms with Crippen molar-refractivity contribution in [1.29, 1.82) is 0 Å². The molecule has 1 heterocycles. The number of rotatable bonds is 2. The van der Waals surface area contributed by atoms with Gasteiger partial charge in [0.25, 0.3) is 0 Å². The highest BCUT2D eigenvalue weighted by molar-refractivity contribution is 7.88. The predicted molar refractivity (Wildman–Crippen MR) is 78.7 cm³/mol. The van der Waals surface area contributed by atoms with E-state index in [1.807, 2.05) is 25.1 Å². The Morgan fingerprint density at radius 3 is 2.78 bits per heavy atom. The second-order valence-electron chi connectivity index (χ2n) is 4.43. The van der Waals surface area contributed by atoms with E-state index in [-0.39, 0.29) is 5.92 Å². The summed E-state index contributed by atoms with van der Waals surface area (Å²) in [6, 6.07) is 8.26. The first-order chi connectivity index (χ1) is 8.69. The van der Waals surface area contributed by atoms with Crippen molar-refractivity contribution in [2.24, 2.45) is 0 Å². The fourth-order valence-corrected chi connectivity index (χ4v) is 3.83. The molecule has 2 atom stereocenters. The summed E-state index contributed by atoms with van der Waals surface area (Å²) in [5.74, 6) is 0.847. The molecule has 0 bridgehead atoms. The average molecular weight is 258 g/mol. The molecule has 0 fully saturated rings. The summed E-state index contributed by atoms with van der Waals surface area (Å²) in [4.78, 5) is 0.872. The summed E-state index contributed by atoms with van der Waals surface area (Å²) in [5.41, 5.74) is 3.58. The first-order valence-corrected chi connectivity index (χ1v) is 7.46. The van der Waals surface area contributed by atoms with Gasteiger partial charge in [0.2, 0.25) is 0 Å². The molecule has 0 saturated carbocycles. The predicted octanol–water partition coefficient (Wildman–Crippen LogP) is 4.07. The summed E-state index contributed by atoms with van der Waals surface area (Å²) < 4.78 is 12.4. The normalized spacial score (nSPS) is 23.9. The van der Waals surface area contributed by atoms with Gasteiger partial charge in [-0.1, -0.05) is 56.0 Å². The molecule has 2 unspecified atom stereocenters. The van der Waals surface area contributed by atoms with Gasteiger partial charge in [0, 0.05) is 10.8 Å². The van der Waals surface area contributed by atoms with Crippen LogP contribution in [0, 0.1) is 0 Å². The van der Waals surface area contributed by atoms with Crippen LogP contribution in [0.5, 0.6) is 0 Å². The summed E-state index contributed by atoms with van der Waals surface area (Å²) in [5, 5.41) is 0. The van der Waals surface area contributed by atoms with E-state index in [1.54, 1.807) is 6.08 Å². The molecule has 18 heavy (non-hydrogen) atoms. The van der Waals surface area contributed by atoms with E-state index >= 15 is 0 Å². The van der Waals surface area contributed by atoms with Crippen molar-refractivity contribution in [3.05, 3.63) is 70.7 Å². The van der Waals surface area contributed by atoms with Crippen LogP contribution in [0.3, 0.4) is 0 Å². The van der Waals surface area contributed by atoms with Crippen molar-refractivity contribution in [1.82, 2.24) is 0 Å². The second kappa shape index (κ2) is 5.49. The summed E-state index contributed by atoms with van der Waals surface area (Å²) in [6.45, 7) is 7.97. The van der Waals surface area contributed by atoms with Crippen molar-refractivity contribution in [3.8, 4) is 0 Å². The first-order valence-electron chi connectivity index (χ1n) is 6.14. The minimum absolute atomic E-state index is 0.261. The molecule has 0 amide bonds. The zero-order chi connectivity index (χ0) is 13.1. The van der Waals surface area contributed by atoms with Gasteiger partial charge in [0.05, 0.1) is 16.6 Å². The molecule has 0 radical (unpaired) electrons. The van der Waals surface area contributed by atoms with Crippen LogP contribution in [-0.4, -0.2) is 4.21 Å². The largest absolute Gasteiger partial charge is 0.254 e. The Balaban J connectivity index is 2.65. The third-order valence-corrected chi connectivity index (χ3v) is 4.80. The van der Waals surface area contributed by atoms with E-state index in [4.69, 9.17) is 0 Å². The van der Waals surface area contributed by atoms with Crippen molar-refractivity contribution in [3.63, 3.8) is 0 Å². The maximum Gasteiger partial charge on any atom is 0.0577 e. The smallest absolute Gasteiger partial charge is 0.0577 e. The fraction of sp³-hybridized carbons (Fsp3) is 0.250. The van der Waals surface area contributed by atoms with E-state index in [1.165, 1.54) is 11.1 Å². The lowest BCUT2D eigenvalue weighted by molar-refractivity contribution is 0.687. The van der Waals surface area contributed by atoms with E-state index in [2.05, 4.69) is 31.7 Å². The fourth-order valence-electron chi connectivity index (χ4n) is 2.44. The molecule has 94 valence electrons. The van der Waals surface area contributed by atoms with Gasteiger partial charge in [-0.2, -0.15) is 0 Å². The zero-order valence-electron chi connectivity index (χ0n) is 10.8. The Kier molecular flexibility index (Phi) is 3.97. The number of benzene rings is 1. The molecule has 1 aliphatic rings. The number of hydrogen-bond donors (Lipinski definition) is 0. The van der Waals surface area contributed by atoms with Crippen LogP contribution >= 0.6 is 0 Å². The van der Waals surface area contributed by atoms with Crippen LogP contribution in [0.1, 0.15) is 30.9 Å². The number of allylic oxidation sites excluding steroid dienone is 4. The Hall–Kier alpha value is -1.41. The van der Waals surface area contributed by atoms with E-state index in [0.717, 1.165) is 10.5 Å². The first kappa shape index (κ1) is 13.0. The van der Waals surface area contributed by atoms with Gasteiger partial charge >= 0.3 is 0 Å². The summed E-state index contributed by atoms with van der Waals surface area (Å²) in [6.07, 6.45) is 5.80. The molecule has 1 aromatic carbocycles. The maximum absolute atomic E-state index is 12.4. The highest BCUT2D eigenvalue weighted by Gasteiger charge is 2.23. The third-order valence-electron chi connectivity index (χ3n) is 3.34. The molecule has 0 spiro atoms. The van der Waals surface area contributed by atoms with Crippen molar-refractivity contribution >= 4 is 10.8 Å². The van der Waals surface area contributed by atoms with Gasteiger partial charge < -0.3 is 0 Å². The van der Waals surface area contributed by atoms with Gasteiger partial charge in [0.15, 0.2) is 0 Å². The van der Waals surface area contributed by atoms with Gasteiger partial charge in [-0.15, -0.1) is 0 Å². The molecule has 0 saturated heterocycles. The van der Waals surface area contributed by atoms with E-state index in [9.17, 15) is 4.21 Å². The molecular formula is C16H18OS. The highest BCUT2D eigenvalue weighted by Crippen LogP contribution is 2.35. The summed E-state index contributed by atoms with van der Waals surface area (Å²) in [7, 11) is -0.999. The lowest BCUT2D eigenvalue weighted by Crippen LogP contribution is -1.99. The molecule has 0 aliphatic carbocycles. The Morgan fingerprint density at radius 1 is 1.39 bits per heavy atom. The van der Waals surface area contributed by atoms with Crippen LogP contribution in [0.2, 0.25) is 0 Å². The highest BCUT2D eigenvalue weighted by atomic mass is 32.2. The van der Waals surface area contributed by atoms with Gasteiger partial charge in [0.1, 0.15) is 0 Å². The Morgan fingerprint density at radius 2 is 2.11 bits per heavy atom. The maximum atomic E-state index is 12.4. The lowest BCUT2D eigenvalue weighted by Gasteiger charge is -2.15. The van der Waals surface area contributed by atoms with Gasteiger partial charge in [-0.25, -0.2) is 0 Å². The van der Waals surface area contributed by atoms with Crippen molar-refractivity contribution in [2.75, 3.05) is 0 Å². The molecule has 1 aromatic rings. The molecule has 0 aromatic heterocycles. The van der Waals surface area contributed by atoms with Crippen LogP contribution in [0.15, 0.2) is 59.6 Å². The summed E-state index contributed by atoms with van der Waals surface area (Å²) >= 11 is 0. The molecule has 0 N–H and O–H groups in total. The van der Waals surface area contributed by atoms with Gasteiger partial charge in [-0.05, 0) is 23.6 Å². The third kappa shape index (κ3) is 2.25. The zero-order valence-corrected chi connectivity index (χ0v) is 11.7. The Bertz CT molecular complexity index is 552. The molecule has 2 heteroatoms. The minimum atomic E-state index is -0.999. The number of hydrogen-bond acceptors (Lipinski definition) is 1. The van der Waals surface area contributed by atoms with Crippen LogP contribution in [0.4, 0.5) is 0 Å². The topological polar surface area (TPSA) is 17.1 Å². The van der Waals surface area contributed by atoms with Crippen LogP contribution in [-0.2, 0) is 16.6 Å². The van der Waals surface area contributed by atoms with Crippen molar-refractivity contribution < 1.29 is 4.21 Å². The molecule has 2 rings (SSSR count). The van der Waals surface area contributed by atoms with E-state index < -0.39 is 10.8 Å². The van der Waals surface area contributed by atoms with Crippen LogP contribution < -0.4 is 0 Å². The Labute approximate surface area is 111 Å². The average Bonchev–Trinajstić information content (AvgIpc) is 2.47. The molecule has 1 nitrogen and oxygen atoms in total.